The quantitative estimate of drug-likeness (QED) is 0.803. The lowest BCUT2D eigenvalue weighted by Crippen LogP contribution is -2.19. The molecule has 2 N–H and O–H groups in total. The number of benzene rings is 1. The van der Waals surface area contributed by atoms with Gasteiger partial charge in [-0.1, -0.05) is 6.07 Å². The number of anilines is 2. The Hall–Kier alpha value is -1.46. The lowest BCUT2D eigenvalue weighted by Gasteiger charge is -2.11. The first kappa shape index (κ1) is 14.0. The summed E-state index contributed by atoms with van der Waals surface area (Å²) in [5.41, 5.74) is 3.38. The van der Waals surface area contributed by atoms with Crippen molar-refractivity contribution in [2.45, 2.75) is 13.8 Å². The second-order valence-corrected chi connectivity index (χ2v) is 5.64. The zero-order valence-electron chi connectivity index (χ0n) is 10.7. The molecular weight excluding hydrogens is 322 g/mol. The van der Waals surface area contributed by atoms with E-state index in [4.69, 9.17) is 12.2 Å². The van der Waals surface area contributed by atoms with Gasteiger partial charge in [0.25, 0.3) is 0 Å². The minimum atomic E-state index is 0.528. The summed E-state index contributed by atoms with van der Waals surface area (Å²) in [6, 6.07) is 10.00. The van der Waals surface area contributed by atoms with E-state index in [9.17, 15) is 0 Å². The Bertz CT molecular complexity index is 576. The summed E-state index contributed by atoms with van der Waals surface area (Å²) in [6.45, 7) is 4.12. The molecule has 0 saturated heterocycles. The van der Waals surface area contributed by atoms with Crippen LogP contribution in [0, 0.1) is 13.8 Å². The smallest absolute Gasteiger partial charge is 0.176 e. The van der Waals surface area contributed by atoms with Crippen LogP contribution in [-0.4, -0.2) is 10.1 Å². The van der Waals surface area contributed by atoms with Gasteiger partial charge in [-0.3, -0.25) is 0 Å². The average molecular weight is 336 g/mol. The first-order valence-electron chi connectivity index (χ1n) is 5.81. The van der Waals surface area contributed by atoms with Gasteiger partial charge < -0.3 is 10.6 Å². The molecule has 2 rings (SSSR count). The molecule has 0 spiro atoms. The fraction of sp³-hybridized carbons (Fsp3) is 0.143. The Morgan fingerprint density at radius 2 is 1.79 bits per heavy atom. The van der Waals surface area contributed by atoms with Crippen LogP contribution in [0.2, 0.25) is 0 Å². The highest BCUT2D eigenvalue weighted by atomic mass is 79.9. The van der Waals surface area contributed by atoms with E-state index in [-0.39, 0.29) is 0 Å². The third kappa shape index (κ3) is 4.29. The van der Waals surface area contributed by atoms with E-state index in [1.54, 1.807) is 6.20 Å². The normalized spacial score (nSPS) is 10.1. The van der Waals surface area contributed by atoms with Gasteiger partial charge in [0.05, 0.1) is 0 Å². The molecule has 0 radical (unpaired) electrons. The van der Waals surface area contributed by atoms with Crippen molar-refractivity contribution in [2.75, 3.05) is 10.6 Å². The largest absolute Gasteiger partial charge is 0.332 e. The van der Waals surface area contributed by atoms with E-state index < -0.39 is 0 Å². The van der Waals surface area contributed by atoms with E-state index >= 15 is 0 Å². The molecule has 3 nitrogen and oxygen atoms in total. The summed E-state index contributed by atoms with van der Waals surface area (Å²) in [7, 11) is 0. The molecule has 19 heavy (non-hydrogen) atoms. The number of nitrogens with one attached hydrogen (secondary N) is 2. The van der Waals surface area contributed by atoms with Gasteiger partial charge in [-0.05, 0) is 77.4 Å². The molecule has 0 atom stereocenters. The molecule has 2 aromatic rings. The number of aromatic nitrogens is 1. The van der Waals surface area contributed by atoms with Crippen molar-refractivity contribution in [2.24, 2.45) is 0 Å². The molecule has 5 heteroatoms. The van der Waals surface area contributed by atoms with Gasteiger partial charge in [-0.25, -0.2) is 4.98 Å². The van der Waals surface area contributed by atoms with E-state index in [0.717, 1.165) is 10.2 Å². The summed E-state index contributed by atoms with van der Waals surface area (Å²) < 4.78 is 0.936. The Kier molecular flexibility index (Phi) is 4.50. The van der Waals surface area contributed by atoms with Crippen molar-refractivity contribution in [3.63, 3.8) is 0 Å². The van der Waals surface area contributed by atoms with Crippen molar-refractivity contribution < 1.29 is 0 Å². The third-order valence-electron chi connectivity index (χ3n) is 2.45. The van der Waals surface area contributed by atoms with Crippen LogP contribution in [0.5, 0.6) is 0 Å². The summed E-state index contributed by atoms with van der Waals surface area (Å²) in [5, 5.41) is 6.73. The minimum absolute atomic E-state index is 0.528. The van der Waals surface area contributed by atoms with Gasteiger partial charge in [0.1, 0.15) is 5.82 Å². The van der Waals surface area contributed by atoms with E-state index in [0.29, 0.717) is 10.9 Å². The van der Waals surface area contributed by atoms with E-state index in [1.165, 1.54) is 11.1 Å². The molecule has 0 amide bonds. The minimum Gasteiger partial charge on any atom is -0.332 e. The molecule has 0 fully saturated rings. The Morgan fingerprint density at radius 1 is 1.11 bits per heavy atom. The standard InChI is InChI=1S/C14H14BrN3S/c1-9-5-10(2)7-12(6-9)17-14(19)18-13-4-3-11(15)8-16-13/h3-8H,1-2H3,(H2,16,17,18,19). The van der Waals surface area contributed by atoms with Crippen molar-refractivity contribution in [1.29, 1.82) is 0 Å². The Labute approximate surface area is 126 Å². The first-order chi connectivity index (χ1) is 9.02. The van der Waals surface area contributed by atoms with E-state index in [2.05, 4.69) is 63.6 Å². The molecule has 0 aliphatic carbocycles. The fourth-order valence-electron chi connectivity index (χ4n) is 1.78. The van der Waals surface area contributed by atoms with Crippen LogP contribution in [0.1, 0.15) is 11.1 Å². The molecule has 0 bridgehead atoms. The van der Waals surface area contributed by atoms with Gasteiger partial charge in [0, 0.05) is 16.4 Å². The maximum Gasteiger partial charge on any atom is 0.176 e. The predicted octanol–water partition coefficient (Wildman–Crippen LogP) is 4.27. The third-order valence-corrected chi connectivity index (χ3v) is 3.12. The molecule has 98 valence electrons. The highest BCUT2D eigenvalue weighted by molar-refractivity contribution is 9.10. The van der Waals surface area contributed by atoms with Gasteiger partial charge in [-0.15, -0.1) is 0 Å². The fourth-order valence-corrected chi connectivity index (χ4v) is 2.23. The van der Waals surface area contributed by atoms with E-state index in [1.807, 2.05) is 12.1 Å². The van der Waals surface area contributed by atoms with Crippen LogP contribution in [0.3, 0.4) is 0 Å². The molecule has 0 saturated carbocycles. The second kappa shape index (κ2) is 6.12. The highest BCUT2D eigenvalue weighted by Gasteiger charge is 2.01. The Balaban J connectivity index is 2.03. The number of hydrogen-bond acceptors (Lipinski definition) is 2. The zero-order chi connectivity index (χ0) is 13.8. The second-order valence-electron chi connectivity index (χ2n) is 4.32. The molecule has 1 aromatic carbocycles. The molecular formula is C14H14BrN3S. The summed E-state index contributed by atoms with van der Waals surface area (Å²) in [5.74, 6) is 0.713. The first-order valence-corrected chi connectivity index (χ1v) is 7.01. The van der Waals surface area contributed by atoms with Crippen molar-refractivity contribution in [1.82, 2.24) is 4.98 Å². The molecule has 0 unspecified atom stereocenters. The lowest BCUT2D eigenvalue weighted by molar-refractivity contribution is 1.31. The summed E-state index contributed by atoms with van der Waals surface area (Å²) >= 11 is 8.61. The van der Waals surface area contributed by atoms with Crippen molar-refractivity contribution in [3.05, 3.63) is 52.1 Å². The predicted molar refractivity (Wildman–Crippen MR) is 87.7 cm³/mol. The monoisotopic (exact) mass is 335 g/mol. The maximum absolute atomic E-state index is 5.26. The Morgan fingerprint density at radius 3 is 2.37 bits per heavy atom. The van der Waals surface area contributed by atoms with Crippen LogP contribution in [-0.2, 0) is 0 Å². The van der Waals surface area contributed by atoms with Crippen LogP contribution in [0.4, 0.5) is 11.5 Å². The topological polar surface area (TPSA) is 37.0 Å². The van der Waals surface area contributed by atoms with Gasteiger partial charge in [-0.2, -0.15) is 0 Å². The number of nitrogens with zero attached hydrogens (tertiary/aromatic N) is 1. The van der Waals surface area contributed by atoms with Gasteiger partial charge in [0.15, 0.2) is 5.11 Å². The SMILES string of the molecule is Cc1cc(C)cc(NC(=S)Nc2ccc(Br)cn2)c1. The maximum atomic E-state index is 5.26. The van der Waals surface area contributed by atoms with Crippen LogP contribution >= 0.6 is 28.1 Å². The van der Waals surface area contributed by atoms with Crippen molar-refractivity contribution >= 4 is 44.8 Å². The van der Waals surface area contributed by atoms with Crippen molar-refractivity contribution in [3.8, 4) is 0 Å². The summed E-state index contributed by atoms with van der Waals surface area (Å²) in [4.78, 5) is 4.21. The zero-order valence-corrected chi connectivity index (χ0v) is 13.1. The number of aryl methyl sites for hydroxylation is 2. The number of halogens is 1. The summed E-state index contributed by atoms with van der Waals surface area (Å²) in [6.07, 6.45) is 1.72. The van der Waals surface area contributed by atoms with Crippen LogP contribution in [0.25, 0.3) is 0 Å². The molecule has 0 aliphatic rings. The van der Waals surface area contributed by atoms with Crippen LogP contribution < -0.4 is 10.6 Å². The number of rotatable bonds is 2. The lowest BCUT2D eigenvalue weighted by atomic mass is 10.1. The number of thiocarbonyl (C=S) groups is 1. The highest BCUT2D eigenvalue weighted by Crippen LogP contribution is 2.15. The molecule has 1 heterocycles. The van der Waals surface area contributed by atoms with Gasteiger partial charge >= 0.3 is 0 Å². The number of hydrogen-bond donors (Lipinski definition) is 2. The van der Waals surface area contributed by atoms with Gasteiger partial charge in [0.2, 0.25) is 0 Å². The molecule has 1 aromatic heterocycles. The number of pyridine rings is 1. The molecule has 0 aliphatic heterocycles. The van der Waals surface area contributed by atoms with Crippen LogP contribution in [0.15, 0.2) is 41.0 Å². The average Bonchev–Trinajstić information content (AvgIpc) is 2.30.